The summed E-state index contributed by atoms with van der Waals surface area (Å²) < 4.78 is 5.09. The number of amides is 1. The van der Waals surface area contributed by atoms with Crippen LogP contribution in [0.15, 0.2) is 30.3 Å². The number of nitrogens with one attached hydrogen (secondary N) is 3. The Kier molecular flexibility index (Phi) is 24.7. The summed E-state index contributed by atoms with van der Waals surface area (Å²) in [5, 5.41) is 16.6. The van der Waals surface area contributed by atoms with E-state index in [4.69, 9.17) is 9.84 Å². The Bertz CT molecular complexity index is 712. The summed E-state index contributed by atoms with van der Waals surface area (Å²) in [6.45, 7) is 12.0. The Morgan fingerprint density at radius 1 is 1.05 bits per heavy atom. The summed E-state index contributed by atoms with van der Waals surface area (Å²) in [5.74, 6) is -0.905. The molecule has 1 amide bonds. The SMILES string of the molecule is CCc1ccccc1.CNC(CC(C)C)C(=O)N[C@@H](C)C(=O)O.CNCC=O.O=CCN1CCOCC1. The first-order valence-electron chi connectivity index (χ1n) is 12.7. The number of hydrogen-bond donors (Lipinski definition) is 4. The summed E-state index contributed by atoms with van der Waals surface area (Å²) in [6.07, 6.45) is 3.58. The molecule has 2 rings (SSSR count). The number of rotatable bonds is 11. The van der Waals surface area contributed by atoms with Crippen LogP contribution in [0.4, 0.5) is 0 Å². The zero-order valence-corrected chi connectivity index (χ0v) is 23.4. The van der Waals surface area contributed by atoms with E-state index in [0.717, 1.165) is 45.3 Å². The Hall–Kier alpha value is -2.66. The Morgan fingerprint density at radius 3 is 2.00 bits per heavy atom. The lowest BCUT2D eigenvalue weighted by molar-refractivity contribution is -0.141. The summed E-state index contributed by atoms with van der Waals surface area (Å²) in [6, 6.07) is 9.28. The highest BCUT2D eigenvalue weighted by Crippen LogP contribution is 2.04. The van der Waals surface area contributed by atoms with Gasteiger partial charge in [0.1, 0.15) is 18.6 Å². The number of likely N-dealkylation sites (N-methyl/N-ethyl adjacent to an activating group) is 2. The molecule has 1 unspecified atom stereocenters. The Labute approximate surface area is 222 Å². The van der Waals surface area contributed by atoms with Crippen LogP contribution in [-0.4, -0.2) is 100 Å². The minimum atomic E-state index is -1.03. The number of benzene rings is 1. The second-order valence-corrected chi connectivity index (χ2v) is 8.68. The summed E-state index contributed by atoms with van der Waals surface area (Å²) in [5.41, 5.74) is 1.41. The lowest BCUT2D eigenvalue weighted by Gasteiger charge is -2.23. The van der Waals surface area contributed by atoms with E-state index in [1.54, 1.807) is 14.1 Å². The van der Waals surface area contributed by atoms with Crippen LogP contribution in [-0.2, 0) is 30.3 Å². The van der Waals surface area contributed by atoms with Crippen molar-refractivity contribution in [1.29, 1.82) is 0 Å². The third-order valence-electron chi connectivity index (χ3n) is 5.08. The average molecular weight is 525 g/mol. The zero-order valence-electron chi connectivity index (χ0n) is 23.4. The number of nitrogens with zero attached hydrogens (tertiary/aromatic N) is 1. The number of aryl methyl sites for hydroxylation is 1. The van der Waals surface area contributed by atoms with Crippen LogP contribution in [0.5, 0.6) is 0 Å². The summed E-state index contributed by atoms with van der Waals surface area (Å²) in [4.78, 5) is 43.5. The molecule has 212 valence electrons. The van der Waals surface area contributed by atoms with Crippen LogP contribution in [0.1, 0.15) is 39.7 Å². The molecule has 2 atom stereocenters. The quantitative estimate of drug-likeness (QED) is 0.316. The van der Waals surface area contributed by atoms with Crippen molar-refractivity contribution in [2.75, 3.05) is 53.5 Å². The lowest BCUT2D eigenvalue weighted by Crippen LogP contribution is -2.48. The fraction of sp³-hybridized carbons (Fsp3) is 0.630. The van der Waals surface area contributed by atoms with Crippen LogP contribution in [0.25, 0.3) is 0 Å². The molecule has 0 spiro atoms. The van der Waals surface area contributed by atoms with E-state index >= 15 is 0 Å². The molecule has 1 heterocycles. The van der Waals surface area contributed by atoms with Gasteiger partial charge in [-0.25, -0.2) is 0 Å². The topological polar surface area (TPSA) is 137 Å². The van der Waals surface area contributed by atoms with Gasteiger partial charge in [0.25, 0.3) is 0 Å². The molecule has 4 N–H and O–H groups in total. The first kappa shape index (κ1) is 36.5. The molecule has 1 fully saturated rings. The Balaban J connectivity index is 0. The fourth-order valence-electron chi connectivity index (χ4n) is 2.89. The fourth-order valence-corrected chi connectivity index (χ4v) is 2.89. The molecule has 0 saturated carbocycles. The molecule has 1 aliphatic rings. The third kappa shape index (κ3) is 22.3. The second kappa shape index (κ2) is 25.0. The minimum absolute atomic E-state index is 0.263. The van der Waals surface area contributed by atoms with Crippen molar-refractivity contribution in [3.05, 3.63) is 35.9 Å². The number of aldehydes is 2. The molecular formula is C27H48N4O6. The highest BCUT2D eigenvalue weighted by Gasteiger charge is 2.21. The maximum atomic E-state index is 11.6. The predicted molar refractivity (Wildman–Crippen MR) is 147 cm³/mol. The Morgan fingerprint density at radius 2 is 1.65 bits per heavy atom. The van der Waals surface area contributed by atoms with Crippen LogP contribution in [0.2, 0.25) is 0 Å². The number of carboxylic acids is 1. The van der Waals surface area contributed by atoms with E-state index in [9.17, 15) is 19.2 Å². The summed E-state index contributed by atoms with van der Waals surface area (Å²) in [7, 11) is 3.42. The van der Waals surface area contributed by atoms with Crippen LogP contribution >= 0.6 is 0 Å². The third-order valence-corrected chi connectivity index (χ3v) is 5.08. The van der Waals surface area contributed by atoms with E-state index in [0.29, 0.717) is 25.4 Å². The average Bonchev–Trinajstić information content (AvgIpc) is 2.90. The molecule has 0 bridgehead atoms. The van der Waals surface area contributed by atoms with Gasteiger partial charge in [0.15, 0.2) is 0 Å². The largest absolute Gasteiger partial charge is 0.480 e. The van der Waals surface area contributed by atoms with Crippen molar-refractivity contribution in [2.24, 2.45) is 5.92 Å². The van der Waals surface area contributed by atoms with Gasteiger partial charge in [-0.3, -0.25) is 14.5 Å². The maximum Gasteiger partial charge on any atom is 0.325 e. The van der Waals surface area contributed by atoms with Gasteiger partial charge in [0, 0.05) is 13.1 Å². The molecule has 1 aromatic carbocycles. The standard InChI is InChI=1S/C10H20N2O3.C8H10.C6H11NO2.C3H7NO/c1-6(2)5-8(11-4)9(13)12-7(3)10(14)15;1-2-8-6-4-3-5-7-8;8-4-1-7-2-5-9-6-3-7;1-4-2-3-5/h6-8,11H,5H2,1-4H3,(H,12,13)(H,14,15);3-7H,2H2,1H3;4H,1-3,5-6H2;3-4H,2H2,1H3/t7-,8?;;;/m0.../s1. The van der Waals surface area contributed by atoms with E-state index in [-0.39, 0.29) is 11.9 Å². The molecule has 1 saturated heterocycles. The number of carbonyl (C=O) groups is 4. The van der Waals surface area contributed by atoms with Crippen molar-refractivity contribution in [1.82, 2.24) is 20.9 Å². The second-order valence-electron chi connectivity index (χ2n) is 8.68. The smallest absolute Gasteiger partial charge is 0.325 e. The minimum Gasteiger partial charge on any atom is -0.480 e. The molecule has 10 heteroatoms. The van der Waals surface area contributed by atoms with E-state index in [2.05, 4.69) is 52.0 Å². The number of carboxylic acid groups (broad SMARTS) is 1. The molecule has 0 aliphatic carbocycles. The number of morpholine rings is 1. The zero-order chi connectivity index (χ0) is 28.5. The number of ether oxygens (including phenoxy) is 1. The molecular weight excluding hydrogens is 476 g/mol. The van der Waals surface area contributed by atoms with Crippen molar-refractivity contribution >= 4 is 24.4 Å². The predicted octanol–water partition coefficient (Wildman–Crippen LogP) is 1.38. The first-order chi connectivity index (χ1) is 17.7. The molecule has 37 heavy (non-hydrogen) atoms. The van der Waals surface area contributed by atoms with Crippen molar-refractivity contribution in [3.8, 4) is 0 Å². The monoisotopic (exact) mass is 524 g/mol. The highest BCUT2D eigenvalue weighted by molar-refractivity contribution is 5.86. The van der Waals surface area contributed by atoms with E-state index < -0.39 is 12.0 Å². The number of carbonyl (C=O) groups excluding carboxylic acids is 3. The lowest BCUT2D eigenvalue weighted by atomic mass is 10.0. The molecule has 10 nitrogen and oxygen atoms in total. The van der Waals surface area contributed by atoms with Gasteiger partial charge >= 0.3 is 5.97 Å². The molecule has 1 aromatic rings. The van der Waals surface area contributed by atoms with Crippen molar-refractivity contribution in [3.63, 3.8) is 0 Å². The van der Waals surface area contributed by atoms with Gasteiger partial charge in [-0.05, 0) is 45.3 Å². The molecule has 0 radical (unpaired) electrons. The van der Waals surface area contributed by atoms with Gasteiger partial charge in [0.2, 0.25) is 5.91 Å². The van der Waals surface area contributed by atoms with Gasteiger partial charge < -0.3 is 35.4 Å². The van der Waals surface area contributed by atoms with Crippen molar-refractivity contribution in [2.45, 2.75) is 52.6 Å². The number of aliphatic carboxylic acids is 1. The number of hydrogen-bond acceptors (Lipinski definition) is 8. The van der Waals surface area contributed by atoms with E-state index in [1.165, 1.54) is 12.5 Å². The van der Waals surface area contributed by atoms with Gasteiger partial charge in [-0.2, -0.15) is 0 Å². The van der Waals surface area contributed by atoms with Crippen LogP contribution in [0.3, 0.4) is 0 Å². The first-order valence-corrected chi connectivity index (χ1v) is 12.7. The maximum absolute atomic E-state index is 11.6. The highest BCUT2D eigenvalue weighted by atomic mass is 16.5. The summed E-state index contributed by atoms with van der Waals surface area (Å²) >= 11 is 0. The van der Waals surface area contributed by atoms with Gasteiger partial charge in [0.05, 0.1) is 32.3 Å². The van der Waals surface area contributed by atoms with Crippen LogP contribution < -0.4 is 16.0 Å². The molecule has 1 aliphatic heterocycles. The van der Waals surface area contributed by atoms with Crippen molar-refractivity contribution < 1.29 is 29.0 Å². The normalized spacial score (nSPS) is 14.2. The van der Waals surface area contributed by atoms with Crippen LogP contribution in [0, 0.1) is 5.92 Å². The molecule has 0 aromatic heterocycles. The van der Waals surface area contributed by atoms with E-state index in [1.807, 2.05) is 19.9 Å². The van der Waals surface area contributed by atoms with Gasteiger partial charge in [-0.15, -0.1) is 0 Å². The van der Waals surface area contributed by atoms with Gasteiger partial charge in [-0.1, -0.05) is 51.1 Å².